The van der Waals surface area contributed by atoms with E-state index in [2.05, 4.69) is 22.2 Å². The highest BCUT2D eigenvalue weighted by Gasteiger charge is 2.07. The molecule has 17 heavy (non-hydrogen) atoms. The first-order chi connectivity index (χ1) is 8.24. The number of unbranched alkanes of at least 4 members (excludes halogenated alkanes) is 1. The van der Waals surface area contributed by atoms with Crippen LogP contribution in [0, 0.1) is 0 Å². The van der Waals surface area contributed by atoms with Crippen molar-refractivity contribution in [1.29, 1.82) is 0 Å². The fourth-order valence-electron chi connectivity index (χ4n) is 1.13. The summed E-state index contributed by atoms with van der Waals surface area (Å²) in [7, 11) is 0. The molecule has 6 heteroatoms. The van der Waals surface area contributed by atoms with Crippen LogP contribution < -0.4 is 5.32 Å². The van der Waals surface area contributed by atoms with Gasteiger partial charge in [0, 0.05) is 13.2 Å². The van der Waals surface area contributed by atoms with Gasteiger partial charge < -0.3 is 10.1 Å². The lowest BCUT2D eigenvalue weighted by Crippen LogP contribution is -2.28. The van der Waals surface area contributed by atoms with Crippen LogP contribution in [0.3, 0.4) is 0 Å². The lowest BCUT2D eigenvalue weighted by molar-refractivity contribution is 0.0907. The van der Waals surface area contributed by atoms with Gasteiger partial charge in [-0.25, -0.2) is 4.98 Å². The molecule has 0 aliphatic carbocycles. The fraction of sp³-hybridized carbons (Fsp3) is 0.545. The second-order valence-electron chi connectivity index (χ2n) is 3.45. The minimum atomic E-state index is -0.293. The number of ether oxygens (including phenoxy) is 1. The van der Waals surface area contributed by atoms with Gasteiger partial charge in [0.05, 0.1) is 19.0 Å². The van der Waals surface area contributed by atoms with Crippen LogP contribution in [0.2, 0.25) is 5.15 Å². The van der Waals surface area contributed by atoms with Crippen LogP contribution in [0.15, 0.2) is 12.4 Å². The molecule has 1 N–H and O–H groups in total. The molecular weight excluding hydrogens is 242 g/mol. The molecule has 1 aromatic heterocycles. The van der Waals surface area contributed by atoms with Crippen molar-refractivity contribution in [2.45, 2.75) is 19.8 Å². The van der Waals surface area contributed by atoms with E-state index in [1.807, 2.05) is 0 Å². The molecule has 0 fully saturated rings. The molecule has 0 unspecified atom stereocenters. The van der Waals surface area contributed by atoms with Gasteiger partial charge in [0.25, 0.3) is 5.91 Å². The van der Waals surface area contributed by atoms with E-state index in [9.17, 15) is 4.79 Å². The van der Waals surface area contributed by atoms with Crippen molar-refractivity contribution >= 4 is 17.5 Å². The molecule has 1 amide bonds. The van der Waals surface area contributed by atoms with Gasteiger partial charge in [0.2, 0.25) is 0 Å². The number of hydrogen-bond acceptors (Lipinski definition) is 4. The molecule has 5 nitrogen and oxygen atoms in total. The zero-order valence-electron chi connectivity index (χ0n) is 9.78. The van der Waals surface area contributed by atoms with E-state index in [0.29, 0.717) is 13.2 Å². The summed E-state index contributed by atoms with van der Waals surface area (Å²) >= 11 is 5.63. The smallest absolute Gasteiger partial charge is 0.271 e. The molecule has 0 atom stereocenters. The third-order valence-corrected chi connectivity index (χ3v) is 2.19. The third kappa shape index (κ3) is 5.60. The van der Waals surface area contributed by atoms with Gasteiger partial charge in [-0.15, -0.1) is 0 Å². The summed E-state index contributed by atoms with van der Waals surface area (Å²) in [5, 5.41) is 2.88. The summed E-state index contributed by atoms with van der Waals surface area (Å²) in [5.74, 6) is -0.293. The van der Waals surface area contributed by atoms with Gasteiger partial charge in [0.15, 0.2) is 0 Å². The zero-order chi connectivity index (χ0) is 12.5. The third-order valence-electron chi connectivity index (χ3n) is 2.01. The number of carbonyl (C=O) groups excluding carboxylic acids is 1. The summed E-state index contributed by atoms with van der Waals surface area (Å²) in [4.78, 5) is 19.2. The van der Waals surface area contributed by atoms with Crippen molar-refractivity contribution in [3.63, 3.8) is 0 Å². The van der Waals surface area contributed by atoms with Gasteiger partial charge in [-0.2, -0.15) is 0 Å². The topological polar surface area (TPSA) is 64.1 Å². The Hall–Kier alpha value is -1.20. The number of hydrogen-bond donors (Lipinski definition) is 1. The largest absolute Gasteiger partial charge is 0.380 e. The van der Waals surface area contributed by atoms with Gasteiger partial charge in [-0.05, 0) is 6.42 Å². The second kappa shape index (κ2) is 7.97. The van der Waals surface area contributed by atoms with Crippen LogP contribution >= 0.6 is 11.6 Å². The number of halogens is 1. The fourth-order valence-corrected chi connectivity index (χ4v) is 1.27. The molecule has 1 heterocycles. The van der Waals surface area contributed by atoms with Crippen LogP contribution in [-0.2, 0) is 4.74 Å². The molecular formula is C11H16ClN3O2. The Morgan fingerprint density at radius 1 is 1.47 bits per heavy atom. The van der Waals surface area contributed by atoms with Gasteiger partial charge >= 0.3 is 0 Å². The Balaban J connectivity index is 2.21. The minimum Gasteiger partial charge on any atom is -0.380 e. The van der Waals surface area contributed by atoms with E-state index in [4.69, 9.17) is 16.3 Å². The van der Waals surface area contributed by atoms with Crippen molar-refractivity contribution in [3.8, 4) is 0 Å². The molecule has 1 rings (SSSR count). The molecule has 0 aliphatic rings. The van der Waals surface area contributed by atoms with Crippen LogP contribution in [-0.4, -0.2) is 35.6 Å². The predicted octanol–water partition coefficient (Wildman–Crippen LogP) is 1.68. The van der Waals surface area contributed by atoms with Crippen LogP contribution in [0.1, 0.15) is 30.3 Å². The van der Waals surface area contributed by atoms with Crippen molar-refractivity contribution in [1.82, 2.24) is 15.3 Å². The SMILES string of the molecule is CCCCOCCNC(=O)c1cncc(Cl)n1. The predicted molar refractivity (Wildman–Crippen MR) is 65.1 cm³/mol. The standard InChI is InChI=1S/C11H16ClN3O2/c1-2-3-5-17-6-4-14-11(16)9-7-13-8-10(12)15-9/h7-8H,2-6H2,1H3,(H,14,16). The van der Waals surface area contributed by atoms with Crippen LogP contribution in [0.5, 0.6) is 0 Å². The average molecular weight is 258 g/mol. The zero-order valence-corrected chi connectivity index (χ0v) is 10.5. The first-order valence-corrected chi connectivity index (χ1v) is 5.95. The maximum Gasteiger partial charge on any atom is 0.271 e. The van der Waals surface area contributed by atoms with E-state index in [1.165, 1.54) is 12.4 Å². The highest BCUT2D eigenvalue weighted by molar-refractivity contribution is 6.29. The molecule has 0 aliphatic heterocycles. The molecule has 0 saturated carbocycles. The normalized spacial score (nSPS) is 10.2. The maximum absolute atomic E-state index is 11.6. The van der Waals surface area contributed by atoms with E-state index >= 15 is 0 Å². The summed E-state index contributed by atoms with van der Waals surface area (Å²) < 4.78 is 5.31. The van der Waals surface area contributed by atoms with Gasteiger partial charge in [-0.1, -0.05) is 24.9 Å². The average Bonchev–Trinajstić information content (AvgIpc) is 2.33. The Bertz CT molecular complexity index is 360. The summed E-state index contributed by atoms with van der Waals surface area (Å²) in [6, 6.07) is 0. The van der Waals surface area contributed by atoms with Gasteiger partial charge in [0.1, 0.15) is 10.8 Å². The van der Waals surface area contributed by atoms with Crippen LogP contribution in [0.4, 0.5) is 0 Å². The van der Waals surface area contributed by atoms with Crippen molar-refractivity contribution < 1.29 is 9.53 Å². The number of nitrogens with zero attached hydrogens (tertiary/aromatic N) is 2. The molecule has 0 bridgehead atoms. The molecule has 1 aromatic rings. The first-order valence-electron chi connectivity index (χ1n) is 5.57. The summed E-state index contributed by atoms with van der Waals surface area (Å²) in [6.07, 6.45) is 4.89. The molecule has 0 spiro atoms. The van der Waals surface area contributed by atoms with Crippen molar-refractivity contribution in [3.05, 3.63) is 23.2 Å². The highest BCUT2D eigenvalue weighted by atomic mass is 35.5. The molecule has 0 radical (unpaired) electrons. The molecule has 0 aromatic carbocycles. The highest BCUT2D eigenvalue weighted by Crippen LogP contribution is 2.01. The Morgan fingerprint density at radius 3 is 3.00 bits per heavy atom. The second-order valence-corrected chi connectivity index (χ2v) is 3.84. The Morgan fingerprint density at radius 2 is 2.29 bits per heavy atom. The lowest BCUT2D eigenvalue weighted by Gasteiger charge is -2.05. The minimum absolute atomic E-state index is 0.205. The van der Waals surface area contributed by atoms with Crippen molar-refractivity contribution in [2.24, 2.45) is 0 Å². The van der Waals surface area contributed by atoms with E-state index in [-0.39, 0.29) is 16.8 Å². The molecule has 0 saturated heterocycles. The lowest BCUT2D eigenvalue weighted by atomic mass is 10.4. The van der Waals surface area contributed by atoms with E-state index in [0.717, 1.165) is 19.4 Å². The Kier molecular flexibility index (Phi) is 6.50. The first kappa shape index (κ1) is 13.9. The van der Waals surface area contributed by atoms with Crippen LogP contribution in [0.25, 0.3) is 0 Å². The molecule has 94 valence electrons. The quantitative estimate of drug-likeness (QED) is 0.755. The number of aromatic nitrogens is 2. The number of carbonyl (C=O) groups is 1. The Labute approximate surface area is 106 Å². The number of nitrogens with one attached hydrogen (secondary N) is 1. The van der Waals surface area contributed by atoms with Gasteiger partial charge in [-0.3, -0.25) is 9.78 Å². The summed E-state index contributed by atoms with van der Waals surface area (Å²) in [5.41, 5.74) is 0.214. The number of rotatable bonds is 7. The van der Waals surface area contributed by atoms with E-state index < -0.39 is 0 Å². The van der Waals surface area contributed by atoms with E-state index in [1.54, 1.807) is 0 Å². The monoisotopic (exact) mass is 257 g/mol. The summed E-state index contributed by atoms with van der Waals surface area (Å²) in [6.45, 7) is 3.78. The number of amides is 1. The van der Waals surface area contributed by atoms with Crippen molar-refractivity contribution in [2.75, 3.05) is 19.8 Å². The maximum atomic E-state index is 11.6.